The molecule has 1 unspecified atom stereocenters. The van der Waals surface area contributed by atoms with Gasteiger partial charge in [-0.25, -0.2) is 0 Å². The van der Waals surface area contributed by atoms with E-state index in [0.29, 0.717) is 19.8 Å². The van der Waals surface area contributed by atoms with Gasteiger partial charge in [0.2, 0.25) is 0 Å². The first-order valence-corrected chi connectivity index (χ1v) is 7.21. The molecule has 94 valence electrons. The van der Waals surface area contributed by atoms with Gasteiger partial charge < -0.3 is 0 Å². The van der Waals surface area contributed by atoms with Crippen LogP contribution in [0.1, 0.15) is 0 Å². The summed E-state index contributed by atoms with van der Waals surface area (Å²) in [4.78, 5) is 12.0. The number of carbonyl (C=O) groups excluding carboxylic acids is 1. The van der Waals surface area contributed by atoms with Crippen LogP contribution in [-0.2, 0) is 9.53 Å². The molecular weight excluding hydrogens is 299 g/mol. The van der Waals surface area contributed by atoms with Crippen LogP contribution in [0.3, 0.4) is 0 Å². The Kier molecular flexibility index (Phi) is 3.38. The Morgan fingerprint density at radius 3 is 3.28 bits per heavy atom. The molecule has 3 rings (SSSR count). The quantitative estimate of drug-likeness (QED) is 0.739. The maximum atomic E-state index is 12.0. The van der Waals surface area contributed by atoms with Crippen LogP contribution in [0.5, 0.6) is 0 Å². The Labute approximate surface area is 110 Å². The third-order valence-electron chi connectivity index (χ3n) is 2.78. The van der Waals surface area contributed by atoms with Gasteiger partial charge in [0.25, 0.3) is 0 Å². The topological polar surface area (TPSA) is 76.1 Å². The molecule has 1 fully saturated rings. The molecule has 0 spiro atoms. The zero-order valence-corrected chi connectivity index (χ0v) is 11.3. The summed E-state index contributed by atoms with van der Waals surface area (Å²) in [6.45, 7) is 1.77. The Morgan fingerprint density at radius 2 is 2.44 bits per heavy atom. The van der Waals surface area contributed by atoms with Crippen molar-refractivity contribution in [3.8, 4) is 0 Å². The summed E-state index contributed by atoms with van der Waals surface area (Å²) in [5.74, 6) is -0.0855. The van der Waals surface area contributed by atoms with Crippen molar-refractivity contribution in [2.45, 2.75) is 6.04 Å². The van der Waals surface area contributed by atoms with Crippen molar-refractivity contribution in [1.29, 1.82) is 0 Å². The van der Waals surface area contributed by atoms with E-state index in [2.05, 4.69) is 18.6 Å². The number of amides is 1. The molecule has 0 bridgehead atoms. The number of nitrogens with zero attached hydrogens (tertiary/aromatic N) is 2. The second-order valence-electron chi connectivity index (χ2n) is 4.01. The Morgan fingerprint density at radius 1 is 1.50 bits per heavy atom. The molecule has 0 radical (unpaired) electrons. The number of nitrogens with one attached hydrogen (secondary N) is 2. The number of fused-ring (bicyclic) bond motifs is 1. The Bertz CT molecular complexity index is 565. The van der Waals surface area contributed by atoms with E-state index in [4.69, 9.17) is 4.74 Å². The van der Waals surface area contributed by atoms with Gasteiger partial charge in [-0.05, 0) is 0 Å². The number of anilines is 1. The molecule has 2 heterocycles. The molecule has 1 aromatic heterocycles. The number of aromatic nitrogens is 2. The summed E-state index contributed by atoms with van der Waals surface area (Å²) in [6, 6.07) is 5.34. The van der Waals surface area contributed by atoms with Crippen molar-refractivity contribution in [1.82, 2.24) is 13.3 Å². The van der Waals surface area contributed by atoms with E-state index in [0.717, 1.165) is 16.7 Å². The molecule has 2 N–H and O–H groups in total. The van der Waals surface area contributed by atoms with Gasteiger partial charge >= 0.3 is 110 Å². The predicted molar refractivity (Wildman–Crippen MR) is 67.7 cm³/mol. The molecule has 1 aliphatic rings. The number of ether oxygens (including phenoxy) is 1. The first-order valence-electron chi connectivity index (χ1n) is 5.68. The summed E-state index contributed by atoms with van der Waals surface area (Å²) in [7, 11) is 0. The van der Waals surface area contributed by atoms with Crippen molar-refractivity contribution in [2.24, 2.45) is 0 Å². The molecule has 1 aliphatic heterocycles. The molecule has 1 saturated heterocycles. The normalized spacial score (nSPS) is 19.9. The molecule has 6 nitrogen and oxygen atoms in total. The number of carbonyl (C=O) groups is 1. The monoisotopic (exact) mass is 312 g/mol. The zero-order chi connectivity index (χ0) is 12.4. The minimum atomic E-state index is -0.293. The average Bonchev–Trinajstić information content (AvgIpc) is 2.89. The second-order valence-corrected chi connectivity index (χ2v) is 5.12. The van der Waals surface area contributed by atoms with Crippen LogP contribution in [0.25, 0.3) is 11.0 Å². The fraction of sp³-hybridized carbons (Fsp3) is 0.364. The van der Waals surface area contributed by atoms with Crippen LogP contribution in [0.15, 0.2) is 18.2 Å². The van der Waals surface area contributed by atoms with Gasteiger partial charge in [-0.2, -0.15) is 0 Å². The molecule has 7 heteroatoms. The van der Waals surface area contributed by atoms with Crippen molar-refractivity contribution < 1.29 is 9.53 Å². The summed E-state index contributed by atoms with van der Waals surface area (Å²) >= 11 is -0.0879. The molecule has 18 heavy (non-hydrogen) atoms. The van der Waals surface area contributed by atoms with Gasteiger partial charge in [0, 0.05) is 0 Å². The average molecular weight is 311 g/mol. The van der Waals surface area contributed by atoms with Crippen LogP contribution in [0, 0.1) is 0 Å². The Balaban J connectivity index is 1.79. The summed E-state index contributed by atoms with van der Waals surface area (Å²) in [5, 5.41) is 6.01. The predicted octanol–water partition coefficient (Wildman–Crippen LogP) is -0.386. The van der Waals surface area contributed by atoms with Gasteiger partial charge in [-0.3, -0.25) is 0 Å². The molecular formula is C11H12N4O2Se. The number of morpholine rings is 1. The number of benzene rings is 1. The van der Waals surface area contributed by atoms with E-state index >= 15 is 0 Å². The van der Waals surface area contributed by atoms with Crippen molar-refractivity contribution in [3.05, 3.63) is 18.2 Å². The first kappa shape index (κ1) is 11.8. The fourth-order valence-electron chi connectivity index (χ4n) is 1.86. The standard InChI is InChI=1S/C11H12N4O2Se/c16-11(9-6-17-5-4-12-9)13-7-2-1-3-8-10(7)15-18-14-8/h1-3,9,12H,4-6H2,(H,13,16). The fourth-order valence-corrected chi connectivity index (χ4v) is 3.01. The second kappa shape index (κ2) is 5.15. The van der Waals surface area contributed by atoms with E-state index in [9.17, 15) is 4.79 Å². The molecule has 1 aromatic carbocycles. The van der Waals surface area contributed by atoms with E-state index in [1.54, 1.807) is 0 Å². The zero-order valence-electron chi connectivity index (χ0n) is 9.55. The van der Waals surface area contributed by atoms with Crippen molar-refractivity contribution in [3.63, 3.8) is 0 Å². The molecule has 1 atom stereocenters. The van der Waals surface area contributed by atoms with Crippen LogP contribution in [0.2, 0.25) is 0 Å². The van der Waals surface area contributed by atoms with E-state index in [-0.39, 0.29) is 26.9 Å². The summed E-state index contributed by atoms with van der Waals surface area (Å²) < 4.78 is 13.9. The van der Waals surface area contributed by atoms with Gasteiger partial charge in [-0.1, -0.05) is 0 Å². The molecule has 2 aromatic rings. The Hall–Kier alpha value is -1.27. The van der Waals surface area contributed by atoms with Crippen LogP contribution < -0.4 is 10.6 Å². The van der Waals surface area contributed by atoms with E-state index in [1.165, 1.54) is 0 Å². The first-order chi connectivity index (χ1) is 8.84. The van der Waals surface area contributed by atoms with Crippen molar-refractivity contribution in [2.75, 3.05) is 25.1 Å². The van der Waals surface area contributed by atoms with Crippen molar-refractivity contribution >= 4 is 37.6 Å². The van der Waals surface area contributed by atoms with Gasteiger partial charge in [0.05, 0.1) is 0 Å². The number of hydrogen-bond donors (Lipinski definition) is 2. The van der Waals surface area contributed by atoms with E-state index < -0.39 is 0 Å². The van der Waals surface area contributed by atoms with Gasteiger partial charge in [0.1, 0.15) is 0 Å². The third-order valence-corrected chi connectivity index (χ3v) is 3.92. The van der Waals surface area contributed by atoms with Gasteiger partial charge in [0.15, 0.2) is 0 Å². The maximum absolute atomic E-state index is 12.0. The van der Waals surface area contributed by atoms with E-state index in [1.807, 2.05) is 18.2 Å². The number of rotatable bonds is 2. The van der Waals surface area contributed by atoms with Gasteiger partial charge in [-0.15, -0.1) is 0 Å². The van der Waals surface area contributed by atoms with Crippen LogP contribution >= 0.6 is 0 Å². The number of hydrogen-bond acceptors (Lipinski definition) is 5. The molecule has 0 aliphatic carbocycles. The minimum absolute atomic E-state index is 0.0855. The molecule has 1 amide bonds. The SMILES string of the molecule is O=C(Nc1cccc2n[se]nc12)C1COCCN1. The summed E-state index contributed by atoms with van der Waals surface area (Å²) in [6.07, 6.45) is 0. The molecule has 0 saturated carbocycles. The third kappa shape index (κ3) is 2.30. The van der Waals surface area contributed by atoms with Crippen LogP contribution in [0.4, 0.5) is 5.69 Å². The summed E-state index contributed by atoms with van der Waals surface area (Å²) in [5.41, 5.74) is 2.39. The van der Waals surface area contributed by atoms with Crippen LogP contribution in [-0.4, -0.2) is 54.6 Å².